The van der Waals surface area contributed by atoms with Gasteiger partial charge in [0.25, 0.3) is 0 Å². The molecule has 128 valence electrons. The number of amides is 1. The van der Waals surface area contributed by atoms with Gasteiger partial charge < -0.3 is 9.88 Å². The lowest BCUT2D eigenvalue weighted by atomic mass is 10.1. The highest BCUT2D eigenvalue weighted by Crippen LogP contribution is 2.32. The van der Waals surface area contributed by atoms with Crippen molar-refractivity contribution in [3.05, 3.63) is 30.5 Å². The Hall–Kier alpha value is -2.33. The summed E-state index contributed by atoms with van der Waals surface area (Å²) in [6.45, 7) is 0.976. The number of rotatable bonds is 5. The van der Waals surface area contributed by atoms with Gasteiger partial charge in [0.1, 0.15) is 0 Å². The molecule has 10 heteroatoms. The fourth-order valence-electron chi connectivity index (χ4n) is 2.51. The Labute approximate surface area is 152 Å². The molecule has 1 aromatic carbocycles. The van der Waals surface area contributed by atoms with Crippen LogP contribution in [0.25, 0.3) is 11.3 Å². The number of carbonyl (C=O) groups is 1. The lowest BCUT2D eigenvalue weighted by molar-refractivity contribution is -0.113. The molecule has 3 heterocycles. The second-order valence-electron chi connectivity index (χ2n) is 5.42. The van der Waals surface area contributed by atoms with Gasteiger partial charge in [-0.15, -0.1) is 5.10 Å². The molecule has 8 nitrogen and oxygen atoms in total. The monoisotopic (exact) mass is 373 g/mol. The van der Waals surface area contributed by atoms with Crippen LogP contribution in [0.5, 0.6) is 0 Å². The largest absolute Gasteiger partial charge is 0.325 e. The molecular formula is C15H15N7OS2. The van der Waals surface area contributed by atoms with Crippen molar-refractivity contribution in [3.8, 4) is 11.3 Å². The van der Waals surface area contributed by atoms with Gasteiger partial charge in [-0.25, -0.2) is 9.67 Å². The van der Waals surface area contributed by atoms with E-state index in [0.717, 1.165) is 34.4 Å². The molecule has 4 rings (SSSR count). The van der Waals surface area contributed by atoms with E-state index in [-0.39, 0.29) is 11.7 Å². The van der Waals surface area contributed by atoms with Crippen molar-refractivity contribution in [1.82, 2.24) is 29.8 Å². The number of benzene rings is 1. The number of carbonyl (C=O) groups excluding carboxylic acids is 1. The zero-order valence-corrected chi connectivity index (χ0v) is 15.0. The minimum absolute atomic E-state index is 0.110. The van der Waals surface area contributed by atoms with Gasteiger partial charge in [0.2, 0.25) is 11.1 Å². The maximum atomic E-state index is 12.3. The third-order valence-electron chi connectivity index (χ3n) is 3.69. The Morgan fingerprint density at radius 2 is 2.28 bits per heavy atom. The first kappa shape index (κ1) is 16.2. The average Bonchev–Trinajstić information content (AvgIpc) is 3.29. The first-order chi connectivity index (χ1) is 12.2. The van der Waals surface area contributed by atoms with Crippen LogP contribution in [-0.2, 0) is 18.4 Å². The highest BCUT2D eigenvalue weighted by Gasteiger charge is 2.17. The Morgan fingerprint density at radius 3 is 3.08 bits per heavy atom. The number of thioether (sulfide) groups is 2. The maximum Gasteiger partial charge on any atom is 0.234 e. The molecule has 1 N–H and O–H groups in total. The van der Waals surface area contributed by atoms with Crippen LogP contribution >= 0.6 is 23.5 Å². The van der Waals surface area contributed by atoms with Crippen molar-refractivity contribution >= 4 is 35.1 Å². The second-order valence-corrected chi connectivity index (χ2v) is 7.42. The fourth-order valence-corrected chi connectivity index (χ4v) is 4.11. The molecule has 0 bridgehead atoms. The second kappa shape index (κ2) is 6.89. The zero-order chi connectivity index (χ0) is 17.2. The quantitative estimate of drug-likeness (QED) is 0.683. The molecule has 0 aliphatic carbocycles. The minimum atomic E-state index is -0.110. The summed E-state index contributed by atoms with van der Waals surface area (Å²) in [4.78, 5) is 17.0. The molecule has 0 saturated heterocycles. The third kappa shape index (κ3) is 3.40. The van der Waals surface area contributed by atoms with Crippen molar-refractivity contribution in [2.24, 2.45) is 7.05 Å². The number of hydrogen-bond acceptors (Lipinski definition) is 7. The lowest BCUT2D eigenvalue weighted by Gasteiger charge is -2.09. The van der Waals surface area contributed by atoms with Crippen LogP contribution in [0, 0.1) is 0 Å². The first-order valence-electron chi connectivity index (χ1n) is 7.65. The van der Waals surface area contributed by atoms with Crippen LogP contribution in [-0.4, -0.2) is 47.2 Å². The third-order valence-corrected chi connectivity index (χ3v) is 5.68. The van der Waals surface area contributed by atoms with Crippen LogP contribution < -0.4 is 5.32 Å². The van der Waals surface area contributed by atoms with Crippen molar-refractivity contribution < 1.29 is 4.79 Å². The molecule has 0 saturated carbocycles. The molecule has 0 atom stereocenters. The molecule has 1 aliphatic heterocycles. The summed E-state index contributed by atoms with van der Waals surface area (Å²) >= 11 is 3.04. The number of tetrazole rings is 1. The smallest absolute Gasteiger partial charge is 0.234 e. The van der Waals surface area contributed by atoms with Gasteiger partial charge in [-0.1, -0.05) is 41.7 Å². The number of aryl methyl sites for hydroxylation is 2. The number of anilines is 1. The molecule has 25 heavy (non-hydrogen) atoms. The Balaban J connectivity index is 1.49. The predicted molar refractivity (Wildman–Crippen MR) is 96.5 cm³/mol. The molecule has 0 unspecified atom stereocenters. The van der Waals surface area contributed by atoms with Crippen molar-refractivity contribution in [3.63, 3.8) is 0 Å². The van der Waals surface area contributed by atoms with Gasteiger partial charge in [-0.2, -0.15) is 0 Å². The van der Waals surface area contributed by atoms with E-state index in [2.05, 4.69) is 30.4 Å². The van der Waals surface area contributed by atoms with Crippen molar-refractivity contribution in [2.45, 2.75) is 16.9 Å². The molecule has 1 aliphatic rings. The molecule has 2 aromatic heterocycles. The molecule has 0 spiro atoms. The number of nitrogens with zero attached hydrogens (tertiary/aromatic N) is 6. The van der Waals surface area contributed by atoms with Gasteiger partial charge in [0.15, 0.2) is 5.16 Å². The Bertz CT molecular complexity index is 899. The SMILES string of the molecule is Cn1nnnc1SCC(=O)Nc1ccccc1-c1cn2c(n1)SCC2. The Kier molecular flexibility index (Phi) is 4.45. The number of aromatic nitrogens is 6. The van der Waals surface area contributed by atoms with Crippen LogP contribution in [0.15, 0.2) is 40.8 Å². The normalized spacial score (nSPS) is 13.0. The maximum absolute atomic E-state index is 12.3. The molecule has 3 aromatic rings. The standard InChI is InChI=1S/C15H15N7OS2/c1-21-15(18-19-20-21)25-9-13(23)16-11-5-3-2-4-10(11)12-8-22-6-7-24-14(22)17-12/h2-5,8H,6-7,9H2,1H3,(H,16,23). The van der Waals surface area contributed by atoms with Crippen molar-refractivity contribution in [1.29, 1.82) is 0 Å². The molecule has 0 fully saturated rings. The summed E-state index contributed by atoms with van der Waals surface area (Å²) in [5.74, 6) is 1.19. The number of nitrogens with one attached hydrogen (secondary N) is 1. The highest BCUT2D eigenvalue weighted by molar-refractivity contribution is 7.99. The molecule has 0 radical (unpaired) electrons. The number of para-hydroxylation sites is 1. The summed E-state index contributed by atoms with van der Waals surface area (Å²) in [6.07, 6.45) is 2.04. The number of imidazole rings is 1. The zero-order valence-electron chi connectivity index (χ0n) is 13.4. The highest BCUT2D eigenvalue weighted by atomic mass is 32.2. The van der Waals surface area contributed by atoms with Crippen LogP contribution in [0.2, 0.25) is 0 Å². The van der Waals surface area contributed by atoms with Crippen molar-refractivity contribution in [2.75, 3.05) is 16.8 Å². The van der Waals surface area contributed by atoms with Crippen LogP contribution in [0.3, 0.4) is 0 Å². The van der Waals surface area contributed by atoms with E-state index in [9.17, 15) is 4.79 Å². The first-order valence-corrected chi connectivity index (χ1v) is 9.62. The van der Waals surface area contributed by atoms with Gasteiger partial charge in [0, 0.05) is 31.1 Å². The average molecular weight is 373 g/mol. The van der Waals surface area contributed by atoms with Crippen LogP contribution in [0.4, 0.5) is 5.69 Å². The van der Waals surface area contributed by atoms with Gasteiger partial charge in [-0.05, 0) is 16.5 Å². The Morgan fingerprint density at radius 1 is 1.40 bits per heavy atom. The van der Waals surface area contributed by atoms with Gasteiger partial charge in [-0.3, -0.25) is 4.79 Å². The summed E-state index contributed by atoms with van der Waals surface area (Å²) < 4.78 is 3.69. The summed E-state index contributed by atoms with van der Waals surface area (Å²) in [7, 11) is 1.74. The minimum Gasteiger partial charge on any atom is -0.325 e. The lowest BCUT2D eigenvalue weighted by Crippen LogP contribution is -2.15. The van der Waals surface area contributed by atoms with E-state index in [1.807, 2.05) is 30.5 Å². The van der Waals surface area contributed by atoms with E-state index < -0.39 is 0 Å². The fraction of sp³-hybridized carbons (Fsp3) is 0.267. The topological polar surface area (TPSA) is 90.5 Å². The van der Waals surface area contributed by atoms with E-state index in [0.29, 0.717) is 5.16 Å². The van der Waals surface area contributed by atoms with Gasteiger partial charge >= 0.3 is 0 Å². The summed E-state index contributed by atoms with van der Waals surface area (Å²) in [5, 5.41) is 15.8. The van der Waals surface area contributed by atoms with E-state index >= 15 is 0 Å². The van der Waals surface area contributed by atoms with E-state index in [4.69, 9.17) is 0 Å². The molecule has 1 amide bonds. The van der Waals surface area contributed by atoms with E-state index in [1.165, 1.54) is 16.4 Å². The number of hydrogen-bond donors (Lipinski definition) is 1. The van der Waals surface area contributed by atoms with E-state index in [1.54, 1.807) is 18.8 Å². The van der Waals surface area contributed by atoms with Crippen LogP contribution in [0.1, 0.15) is 0 Å². The summed E-state index contributed by atoms with van der Waals surface area (Å²) in [6, 6.07) is 7.71. The van der Waals surface area contributed by atoms with Gasteiger partial charge in [0.05, 0.1) is 17.1 Å². The summed E-state index contributed by atoms with van der Waals surface area (Å²) in [5.41, 5.74) is 2.55. The number of fused-ring (bicyclic) bond motifs is 1. The predicted octanol–water partition coefficient (Wildman–Crippen LogP) is 1.91. The molecular weight excluding hydrogens is 358 g/mol.